The lowest BCUT2D eigenvalue weighted by atomic mass is 9.92. The molecule has 1 N–H and O–H groups in total. The first-order valence-electron chi connectivity index (χ1n) is 7.06. The summed E-state index contributed by atoms with van der Waals surface area (Å²) in [5, 5.41) is 3.54. The SMILES string of the molecule is CCC1CN(CCNCCC(C)(C)C)CCO1. The molecule has 0 radical (unpaired) electrons. The molecule has 17 heavy (non-hydrogen) atoms. The minimum Gasteiger partial charge on any atom is -0.376 e. The van der Waals surface area contributed by atoms with Crippen LogP contribution in [0.15, 0.2) is 0 Å². The Labute approximate surface area is 107 Å². The van der Waals surface area contributed by atoms with E-state index in [1.165, 1.54) is 6.42 Å². The Morgan fingerprint density at radius 2 is 2.06 bits per heavy atom. The molecule has 1 heterocycles. The summed E-state index contributed by atoms with van der Waals surface area (Å²) in [6.07, 6.45) is 2.83. The lowest BCUT2D eigenvalue weighted by Crippen LogP contribution is -2.44. The molecule has 0 aromatic rings. The van der Waals surface area contributed by atoms with Crippen LogP contribution in [0, 0.1) is 5.41 Å². The monoisotopic (exact) mass is 242 g/mol. The quantitative estimate of drug-likeness (QED) is 0.722. The molecule has 0 aromatic heterocycles. The Bertz CT molecular complexity index is 201. The summed E-state index contributed by atoms with van der Waals surface area (Å²) < 4.78 is 5.67. The normalized spacial score (nSPS) is 22.9. The van der Waals surface area contributed by atoms with Crippen LogP contribution >= 0.6 is 0 Å². The maximum absolute atomic E-state index is 5.67. The van der Waals surface area contributed by atoms with E-state index < -0.39 is 0 Å². The van der Waals surface area contributed by atoms with Crippen molar-refractivity contribution in [1.82, 2.24) is 10.2 Å². The van der Waals surface area contributed by atoms with Crippen molar-refractivity contribution in [1.29, 1.82) is 0 Å². The van der Waals surface area contributed by atoms with Crippen LogP contribution < -0.4 is 5.32 Å². The van der Waals surface area contributed by atoms with Gasteiger partial charge >= 0.3 is 0 Å². The molecule has 1 aliphatic rings. The Morgan fingerprint density at radius 3 is 2.71 bits per heavy atom. The van der Waals surface area contributed by atoms with Crippen molar-refractivity contribution in [3.8, 4) is 0 Å². The molecule has 1 saturated heterocycles. The van der Waals surface area contributed by atoms with Gasteiger partial charge in [-0.1, -0.05) is 27.7 Å². The fourth-order valence-corrected chi connectivity index (χ4v) is 2.06. The highest BCUT2D eigenvalue weighted by Gasteiger charge is 2.18. The minimum atomic E-state index is 0.444. The van der Waals surface area contributed by atoms with Gasteiger partial charge in [0.1, 0.15) is 0 Å². The number of hydrogen-bond acceptors (Lipinski definition) is 3. The zero-order chi connectivity index (χ0) is 12.7. The molecular formula is C14H30N2O. The zero-order valence-electron chi connectivity index (χ0n) is 12.1. The molecule has 0 aromatic carbocycles. The predicted octanol–water partition coefficient (Wildman–Crippen LogP) is 2.12. The summed E-state index contributed by atoms with van der Waals surface area (Å²) in [7, 11) is 0. The fourth-order valence-electron chi connectivity index (χ4n) is 2.06. The van der Waals surface area contributed by atoms with E-state index in [4.69, 9.17) is 4.74 Å². The second-order valence-electron chi connectivity index (χ2n) is 6.26. The highest BCUT2D eigenvalue weighted by molar-refractivity contribution is 4.71. The van der Waals surface area contributed by atoms with E-state index >= 15 is 0 Å². The standard InChI is InChI=1S/C14H30N2O/c1-5-13-12-16(10-11-17-13)9-8-15-7-6-14(2,3)4/h13,15H,5-12H2,1-4H3. The molecule has 3 nitrogen and oxygen atoms in total. The summed E-state index contributed by atoms with van der Waals surface area (Å²) >= 11 is 0. The van der Waals surface area contributed by atoms with Crippen molar-refractivity contribution >= 4 is 0 Å². The van der Waals surface area contributed by atoms with Gasteiger partial charge in [0.2, 0.25) is 0 Å². The van der Waals surface area contributed by atoms with Gasteiger partial charge in [0.05, 0.1) is 12.7 Å². The minimum absolute atomic E-state index is 0.444. The largest absolute Gasteiger partial charge is 0.376 e. The van der Waals surface area contributed by atoms with E-state index in [0.717, 1.165) is 45.8 Å². The number of rotatable bonds is 6. The van der Waals surface area contributed by atoms with E-state index in [2.05, 4.69) is 37.9 Å². The Hall–Kier alpha value is -0.120. The first kappa shape index (κ1) is 14.9. The van der Waals surface area contributed by atoms with Crippen LogP contribution in [-0.2, 0) is 4.74 Å². The van der Waals surface area contributed by atoms with Gasteiger partial charge in [0.15, 0.2) is 0 Å². The molecule has 0 aliphatic carbocycles. The van der Waals surface area contributed by atoms with Gasteiger partial charge in [-0.2, -0.15) is 0 Å². The molecule has 1 rings (SSSR count). The second kappa shape index (κ2) is 7.34. The number of hydrogen-bond donors (Lipinski definition) is 1. The summed E-state index contributed by atoms with van der Waals surface area (Å²) in [5.74, 6) is 0. The maximum atomic E-state index is 5.67. The number of morpholine rings is 1. The lowest BCUT2D eigenvalue weighted by Gasteiger charge is -2.32. The van der Waals surface area contributed by atoms with Crippen LogP contribution in [0.5, 0.6) is 0 Å². The van der Waals surface area contributed by atoms with Gasteiger partial charge in [-0.15, -0.1) is 0 Å². The fraction of sp³-hybridized carbons (Fsp3) is 1.00. The Morgan fingerprint density at radius 1 is 1.29 bits per heavy atom. The molecule has 3 heteroatoms. The van der Waals surface area contributed by atoms with E-state index in [1.807, 2.05) is 0 Å². The Kier molecular flexibility index (Phi) is 6.45. The second-order valence-corrected chi connectivity index (χ2v) is 6.26. The third-order valence-corrected chi connectivity index (χ3v) is 3.33. The summed E-state index contributed by atoms with van der Waals surface area (Å²) in [5.41, 5.74) is 0.444. The van der Waals surface area contributed by atoms with Crippen molar-refractivity contribution < 1.29 is 4.74 Å². The summed E-state index contributed by atoms with van der Waals surface area (Å²) in [6.45, 7) is 15.6. The highest BCUT2D eigenvalue weighted by atomic mass is 16.5. The molecule has 1 aliphatic heterocycles. The number of ether oxygens (including phenoxy) is 1. The number of nitrogens with zero attached hydrogens (tertiary/aromatic N) is 1. The molecule has 0 amide bonds. The lowest BCUT2D eigenvalue weighted by molar-refractivity contribution is -0.0290. The molecule has 102 valence electrons. The molecule has 0 saturated carbocycles. The van der Waals surface area contributed by atoms with Crippen LogP contribution in [0.1, 0.15) is 40.5 Å². The van der Waals surface area contributed by atoms with Crippen LogP contribution in [0.3, 0.4) is 0 Å². The topological polar surface area (TPSA) is 24.5 Å². The smallest absolute Gasteiger partial charge is 0.0700 e. The maximum Gasteiger partial charge on any atom is 0.0700 e. The van der Waals surface area contributed by atoms with E-state index in [-0.39, 0.29) is 0 Å². The molecule has 1 unspecified atom stereocenters. The van der Waals surface area contributed by atoms with Gasteiger partial charge in [0, 0.05) is 26.2 Å². The van der Waals surface area contributed by atoms with Crippen molar-refractivity contribution in [2.45, 2.75) is 46.6 Å². The van der Waals surface area contributed by atoms with Crippen LogP contribution in [0.4, 0.5) is 0 Å². The molecule has 0 spiro atoms. The predicted molar refractivity (Wildman–Crippen MR) is 73.4 cm³/mol. The van der Waals surface area contributed by atoms with E-state index in [9.17, 15) is 0 Å². The van der Waals surface area contributed by atoms with Gasteiger partial charge in [-0.25, -0.2) is 0 Å². The van der Waals surface area contributed by atoms with Gasteiger partial charge in [-0.3, -0.25) is 4.90 Å². The molecule has 0 bridgehead atoms. The first-order valence-corrected chi connectivity index (χ1v) is 7.06. The van der Waals surface area contributed by atoms with Crippen LogP contribution in [0.2, 0.25) is 0 Å². The van der Waals surface area contributed by atoms with Crippen molar-refractivity contribution in [2.75, 3.05) is 39.3 Å². The van der Waals surface area contributed by atoms with Crippen molar-refractivity contribution in [2.24, 2.45) is 5.41 Å². The average molecular weight is 242 g/mol. The Balaban J connectivity index is 2.02. The third-order valence-electron chi connectivity index (χ3n) is 3.33. The zero-order valence-corrected chi connectivity index (χ0v) is 12.1. The average Bonchev–Trinajstić information content (AvgIpc) is 2.27. The van der Waals surface area contributed by atoms with Crippen molar-refractivity contribution in [3.63, 3.8) is 0 Å². The van der Waals surface area contributed by atoms with Gasteiger partial charge in [0.25, 0.3) is 0 Å². The van der Waals surface area contributed by atoms with Gasteiger partial charge < -0.3 is 10.1 Å². The van der Waals surface area contributed by atoms with Gasteiger partial charge in [-0.05, 0) is 24.8 Å². The third kappa shape index (κ3) is 7.02. The molecular weight excluding hydrogens is 212 g/mol. The van der Waals surface area contributed by atoms with Crippen LogP contribution in [-0.4, -0.2) is 50.3 Å². The van der Waals surface area contributed by atoms with E-state index in [0.29, 0.717) is 11.5 Å². The van der Waals surface area contributed by atoms with E-state index in [1.54, 1.807) is 0 Å². The first-order chi connectivity index (χ1) is 8.01. The van der Waals surface area contributed by atoms with Crippen LogP contribution in [0.25, 0.3) is 0 Å². The summed E-state index contributed by atoms with van der Waals surface area (Å²) in [6, 6.07) is 0. The highest BCUT2D eigenvalue weighted by Crippen LogP contribution is 2.16. The summed E-state index contributed by atoms with van der Waals surface area (Å²) in [4.78, 5) is 2.52. The number of nitrogens with one attached hydrogen (secondary N) is 1. The molecule has 1 atom stereocenters. The van der Waals surface area contributed by atoms with Crippen molar-refractivity contribution in [3.05, 3.63) is 0 Å². The molecule has 1 fully saturated rings.